The summed E-state index contributed by atoms with van der Waals surface area (Å²) in [6.07, 6.45) is 9.32. The highest BCUT2D eigenvalue weighted by Crippen LogP contribution is 2.23. The molecular formula is C16H23BrN2O2. The summed E-state index contributed by atoms with van der Waals surface area (Å²) < 4.78 is 2.61. The van der Waals surface area contributed by atoms with Crippen LogP contribution in [0.15, 0.2) is 27.6 Å². The normalized spacial score (nSPS) is 15.9. The highest BCUT2D eigenvalue weighted by atomic mass is 79.9. The molecule has 0 aromatic carbocycles. The van der Waals surface area contributed by atoms with E-state index in [0.717, 1.165) is 30.2 Å². The van der Waals surface area contributed by atoms with Crippen molar-refractivity contribution in [3.8, 4) is 0 Å². The lowest BCUT2D eigenvalue weighted by molar-refractivity contribution is -0.125. The zero-order chi connectivity index (χ0) is 15.1. The van der Waals surface area contributed by atoms with Crippen molar-refractivity contribution >= 4 is 21.8 Å². The summed E-state index contributed by atoms with van der Waals surface area (Å²) in [5, 5.41) is 3.03. The molecule has 0 unspecified atom stereocenters. The molecule has 5 heteroatoms. The Hall–Kier alpha value is -1.10. The number of pyridine rings is 1. The zero-order valence-electron chi connectivity index (χ0n) is 12.3. The van der Waals surface area contributed by atoms with Crippen molar-refractivity contribution in [2.24, 2.45) is 5.92 Å². The molecular weight excluding hydrogens is 332 g/mol. The Kier molecular flexibility index (Phi) is 6.49. The van der Waals surface area contributed by atoms with Crippen LogP contribution in [0.2, 0.25) is 0 Å². The number of aromatic nitrogens is 1. The number of halogens is 1. The van der Waals surface area contributed by atoms with Gasteiger partial charge in [-0.1, -0.05) is 19.3 Å². The number of hydrogen-bond donors (Lipinski definition) is 1. The van der Waals surface area contributed by atoms with E-state index in [0.29, 0.717) is 13.1 Å². The lowest BCUT2D eigenvalue weighted by atomic mass is 9.89. The van der Waals surface area contributed by atoms with E-state index < -0.39 is 0 Å². The number of unbranched alkanes of at least 4 members (excludes halogenated alkanes) is 1. The molecule has 2 rings (SSSR count). The zero-order valence-corrected chi connectivity index (χ0v) is 13.9. The molecule has 4 nitrogen and oxygen atoms in total. The van der Waals surface area contributed by atoms with Crippen LogP contribution in [0.3, 0.4) is 0 Å². The molecule has 1 N–H and O–H groups in total. The maximum Gasteiger partial charge on any atom is 0.250 e. The van der Waals surface area contributed by atoms with Crippen molar-refractivity contribution in [2.75, 3.05) is 6.54 Å². The third kappa shape index (κ3) is 5.30. The molecule has 0 bridgehead atoms. The fourth-order valence-corrected chi connectivity index (χ4v) is 3.18. The van der Waals surface area contributed by atoms with Crippen LogP contribution in [0, 0.1) is 5.92 Å². The van der Waals surface area contributed by atoms with Gasteiger partial charge in [-0.15, -0.1) is 0 Å². The summed E-state index contributed by atoms with van der Waals surface area (Å²) in [5.41, 5.74) is 0.0180. The van der Waals surface area contributed by atoms with Gasteiger partial charge in [0.2, 0.25) is 5.91 Å². The molecule has 1 aromatic heterocycles. The molecule has 0 spiro atoms. The van der Waals surface area contributed by atoms with Gasteiger partial charge < -0.3 is 9.88 Å². The standard InChI is InChI=1S/C16H23BrN2O2/c17-14-8-9-15(20)19(12-14)11-5-4-10-18-16(21)13-6-2-1-3-7-13/h8-9,12-13H,1-7,10-11H2,(H,18,21). The van der Waals surface area contributed by atoms with Crippen LogP contribution in [0.4, 0.5) is 0 Å². The molecule has 0 saturated heterocycles. The van der Waals surface area contributed by atoms with Crippen molar-refractivity contribution in [3.05, 3.63) is 33.2 Å². The fourth-order valence-electron chi connectivity index (χ4n) is 2.80. The molecule has 0 atom stereocenters. The number of nitrogens with zero attached hydrogens (tertiary/aromatic N) is 1. The van der Waals surface area contributed by atoms with Gasteiger partial charge in [-0.3, -0.25) is 9.59 Å². The van der Waals surface area contributed by atoms with Crippen LogP contribution in [0.25, 0.3) is 0 Å². The van der Waals surface area contributed by atoms with E-state index in [4.69, 9.17) is 0 Å². The molecule has 1 heterocycles. The van der Waals surface area contributed by atoms with Gasteiger partial charge in [0.05, 0.1) is 0 Å². The average molecular weight is 355 g/mol. The van der Waals surface area contributed by atoms with Gasteiger partial charge in [-0.05, 0) is 47.7 Å². The summed E-state index contributed by atoms with van der Waals surface area (Å²) in [5.74, 6) is 0.445. The van der Waals surface area contributed by atoms with E-state index in [1.165, 1.54) is 19.3 Å². The third-order valence-corrected chi connectivity index (χ3v) is 4.52. The van der Waals surface area contributed by atoms with Crippen molar-refractivity contribution < 1.29 is 4.79 Å². The number of aryl methyl sites for hydroxylation is 1. The minimum Gasteiger partial charge on any atom is -0.356 e. The van der Waals surface area contributed by atoms with E-state index in [1.807, 2.05) is 6.20 Å². The first-order valence-corrected chi connectivity index (χ1v) is 8.60. The Labute approximate surface area is 134 Å². The van der Waals surface area contributed by atoms with Crippen molar-refractivity contribution in [1.29, 1.82) is 0 Å². The number of nitrogens with one attached hydrogen (secondary N) is 1. The smallest absolute Gasteiger partial charge is 0.250 e. The van der Waals surface area contributed by atoms with Crippen LogP contribution in [0.5, 0.6) is 0 Å². The third-order valence-electron chi connectivity index (χ3n) is 4.05. The topological polar surface area (TPSA) is 51.1 Å². The molecule has 1 aliphatic carbocycles. The number of carbonyl (C=O) groups is 1. The van der Waals surface area contributed by atoms with Crippen molar-refractivity contribution in [2.45, 2.75) is 51.5 Å². The highest BCUT2D eigenvalue weighted by molar-refractivity contribution is 9.10. The van der Waals surface area contributed by atoms with Crippen LogP contribution >= 0.6 is 15.9 Å². The Morgan fingerprint density at radius 2 is 2.00 bits per heavy atom. The van der Waals surface area contributed by atoms with Gasteiger partial charge in [0.1, 0.15) is 0 Å². The van der Waals surface area contributed by atoms with Crippen LogP contribution < -0.4 is 10.9 Å². The average Bonchev–Trinajstić information content (AvgIpc) is 2.51. The Morgan fingerprint density at radius 3 is 2.76 bits per heavy atom. The van der Waals surface area contributed by atoms with E-state index in [-0.39, 0.29) is 17.4 Å². The number of rotatable bonds is 6. The second-order valence-electron chi connectivity index (χ2n) is 5.71. The monoisotopic (exact) mass is 354 g/mol. The molecule has 1 aliphatic rings. The second-order valence-corrected chi connectivity index (χ2v) is 6.63. The van der Waals surface area contributed by atoms with Gasteiger partial charge >= 0.3 is 0 Å². The molecule has 1 saturated carbocycles. The number of carbonyl (C=O) groups excluding carboxylic acids is 1. The summed E-state index contributed by atoms with van der Waals surface area (Å²) in [6.45, 7) is 1.40. The van der Waals surface area contributed by atoms with E-state index in [1.54, 1.807) is 16.7 Å². The minimum absolute atomic E-state index is 0.0180. The summed E-state index contributed by atoms with van der Waals surface area (Å²) >= 11 is 3.37. The van der Waals surface area contributed by atoms with E-state index >= 15 is 0 Å². The molecule has 1 amide bonds. The second kappa shape index (κ2) is 8.37. The van der Waals surface area contributed by atoms with Gasteiger partial charge in [0.15, 0.2) is 0 Å². The molecule has 1 aromatic rings. The first kappa shape index (κ1) is 16.3. The van der Waals surface area contributed by atoms with Crippen LogP contribution in [-0.4, -0.2) is 17.0 Å². The lowest BCUT2D eigenvalue weighted by Gasteiger charge is -2.20. The Bertz CT molecular complexity index is 521. The van der Waals surface area contributed by atoms with Crippen LogP contribution in [0.1, 0.15) is 44.9 Å². The van der Waals surface area contributed by atoms with Gasteiger partial charge in [0, 0.05) is 35.7 Å². The first-order valence-electron chi connectivity index (χ1n) is 7.80. The van der Waals surface area contributed by atoms with Gasteiger partial charge in [-0.2, -0.15) is 0 Å². The first-order chi connectivity index (χ1) is 10.2. The quantitative estimate of drug-likeness (QED) is 0.798. The molecule has 1 fully saturated rings. The molecule has 116 valence electrons. The lowest BCUT2D eigenvalue weighted by Crippen LogP contribution is -2.32. The van der Waals surface area contributed by atoms with E-state index in [9.17, 15) is 9.59 Å². The maximum atomic E-state index is 12.0. The number of hydrogen-bond acceptors (Lipinski definition) is 2. The maximum absolute atomic E-state index is 12.0. The summed E-state index contributed by atoms with van der Waals surface area (Å²) in [7, 11) is 0. The van der Waals surface area contributed by atoms with Crippen LogP contribution in [-0.2, 0) is 11.3 Å². The van der Waals surface area contributed by atoms with Crippen molar-refractivity contribution in [3.63, 3.8) is 0 Å². The SMILES string of the molecule is O=C(NCCCCn1cc(Br)ccc1=O)C1CCCCC1. The van der Waals surface area contributed by atoms with Gasteiger partial charge in [-0.25, -0.2) is 0 Å². The fraction of sp³-hybridized carbons (Fsp3) is 0.625. The predicted octanol–water partition coefficient (Wildman–Crippen LogP) is 3.09. The molecule has 0 radical (unpaired) electrons. The molecule has 21 heavy (non-hydrogen) atoms. The largest absolute Gasteiger partial charge is 0.356 e. The number of amides is 1. The predicted molar refractivity (Wildman–Crippen MR) is 87.2 cm³/mol. The van der Waals surface area contributed by atoms with E-state index in [2.05, 4.69) is 21.2 Å². The Balaban J connectivity index is 1.64. The summed E-state index contributed by atoms with van der Waals surface area (Å²) in [4.78, 5) is 23.6. The summed E-state index contributed by atoms with van der Waals surface area (Å²) in [6, 6.07) is 3.32. The molecule has 0 aliphatic heterocycles. The Morgan fingerprint density at radius 1 is 1.24 bits per heavy atom. The van der Waals surface area contributed by atoms with Crippen molar-refractivity contribution in [1.82, 2.24) is 9.88 Å². The highest BCUT2D eigenvalue weighted by Gasteiger charge is 2.20. The van der Waals surface area contributed by atoms with Gasteiger partial charge in [0.25, 0.3) is 5.56 Å². The minimum atomic E-state index is 0.0180.